The molecule has 1 nitrogen and oxygen atoms in total. The summed E-state index contributed by atoms with van der Waals surface area (Å²) >= 11 is 1.92. The van der Waals surface area contributed by atoms with E-state index in [4.69, 9.17) is 0 Å². The standard InChI is InChI=1S/C9H16OS/c1-2-3-5-8(10)9-6-4-7-11-9/h2,8-10H,1,3-7H2. The van der Waals surface area contributed by atoms with Crippen molar-refractivity contribution >= 4 is 11.8 Å². The molecule has 0 aromatic heterocycles. The molecule has 0 aliphatic carbocycles. The van der Waals surface area contributed by atoms with Crippen molar-refractivity contribution in [2.24, 2.45) is 0 Å². The number of hydrogen-bond acceptors (Lipinski definition) is 2. The Labute approximate surface area is 72.9 Å². The Morgan fingerprint density at radius 3 is 3.09 bits per heavy atom. The van der Waals surface area contributed by atoms with Gasteiger partial charge in [-0.2, -0.15) is 11.8 Å². The van der Waals surface area contributed by atoms with Crippen molar-refractivity contribution in [2.75, 3.05) is 5.75 Å². The van der Waals surface area contributed by atoms with Crippen molar-refractivity contribution in [1.82, 2.24) is 0 Å². The van der Waals surface area contributed by atoms with E-state index in [0.717, 1.165) is 12.8 Å². The van der Waals surface area contributed by atoms with E-state index in [9.17, 15) is 5.11 Å². The molecule has 64 valence electrons. The molecular weight excluding hydrogens is 156 g/mol. The highest BCUT2D eigenvalue weighted by Gasteiger charge is 2.22. The number of hydrogen-bond donors (Lipinski definition) is 1. The third kappa shape index (κ3) is 2.88. The summed E-state index contributed by atoms with van der Waals surface area (Å²) in [5.74, 6) is 1.23. The number of rotatable bonds is 4. The maximum atomic E-state index is 9.61. The van der Waals surface area contributed by atoms with Crippen LogP contribution < -0.4 is 0 Å². The van der Waals surface area contributed by atoms with Gasteiger partial charge in [0.1, 0.15) is 0 Å². The van der Waals surface area contributed by atoms with Crippen molar-refractivity contribution < 1.29 is 5.11 Å². The molecule has 1 rings (SSSR count). The lowest BCUT2D eigenvalue weighted by Gasteiger charge is -2.15. The van der Waals surface area contributed by atoms with Crippen LogP contribution in [0.1, 0.15) is 25.7 Å². The van der Waals surface area contributed by atoms with Crippen molar-refractivity contribution in [3.8, 4) is 0 Å². The molecule has 0 aromatic carbocycles. The molecule has 2 heteroatoms. The first-order valence-corrected chi connectivity index (χ1v) is 5.30. The van der Waals surface area contributed by atoms with Gasteiger partial charge in [0.25, 0.3) is 0 Å². The molecule has 1 heterocycles. The van der Waals surface area contributed by atoms with Crippen LogP contribution in [0.5, 0.6) is 0 Å². The summed E-state index contributed by atoms with van der Waals surface area (Å²) in [6.07, 6.45) is 6.09. The molecule has 1 fully saturated rings. The van der Waals surface area contributed by atoms with Gasteiger partial charge < -0.3 is 5.11 Å². The largest absolute Gasteiger partial charge is 0.392 e. The molecule has 1 aliphatic heterocycles. The van der Waals surface area contributed by atoms with Gasteiger partial charge in [0.15, 0.2) is 0 Å². The Bertz CT molecular complexity index is 119. The molecule has 0 saturated carbocycles. The van der Waals surface area contributed by atoms with Crippen molar-refractivity contribution in [1.29, 1.82) is 0 Å². The average molecular weight is 172 g/mol. The van der Waals surface area contributed by atoms with E-state index in [-0.39, 0.29) is 6.10 Å². The topological polar surface area (TPSA) is 20.2 Å². The van der Waals surface area contributed by atoms with E-state index in [0.29, 0.717) is 5.25 Å². The van der Waals surface area contributed by atoms with Crippen LogP contribution in [-0.2, 0) is 0 Å². The lowest BCUT2D eigenvalue weighted by molar-refractivity contribution is 0.161. The van der Waals surface area contributed by atoms with Gasteiger partial charge in [-0.1, -0.05) is 6.08 Å². The molecule has 0 spiro atoms. The minimum atomic E-state index is -0.0968. The Balaban J connectivity index is 2.16. The summed E-state index contributed by atoms with van der Waals surface area (Å²) in [4.78, 5) is 0. The number of allylic oxidation sites excluding steroid dienone is 1. The first-order valence-electron chi connectivity index (χ1n) is 4.25. The molecule has 0 aromatic rings. The average Bonchev–Trinajstić information content (AvgIpc) is 2.52. The maximum absolute atomic E-state index is 9.61. The van der Waals surface area contributed by atoms with Gasteiger partial charge in [0, 0.05) is 5.25 Å². The highest BCUT2D eigenvalue weighted by atomic mass is 32.2. The smallest absolute Gasteiger partial charge is 0.0661 e. The Morgan fingerprint density at radius 1 is 1.73 bits per heavy atom. The third-order valence-corrected chi connectivity index (χ3v) is 3.56. The van der Waals surface area contributed by atoms with E-state index in [1.807, 2.05) is 17.8 Å². The highest BCUT2D eigenvalue weighted by molar-refractivity contribution is 8.00. The van der Waals surface area contributed by atoms with Crippen LogP contribution in [0, 0.1) is 0 Å². The Morgan fingerprint density at radius 2 is 2.55 bits per heavy atom. The summed E-state index contributed by atoms with van der Waals surface area (Å²) in [5, 5.41) is 10.1. The number of thioether (sulfide) groups is 1. The van der Waals surface area contributed by atoms with Gasteiger partial charge in [-0.05, 0) is 31.4 Å². The SMILES string of the molecule is C=CCCC(O)C1CCCS1. The first kappa shape index (κ1) is 9.14. The Kier molecular flexibility index (Phi) is 4.02. The van der Waals surface area contributed by atoms with Crippen molar-refractivity contribution in [3.63, 3.8) is 0 Å². The Hall–Kier alpha value is 0.0500. The lowest BCUT2D eigenvalue weighted by atomic mass is 10.1. The van der Waals surface area contributed by atoms with E-state index >= 15 is 0 Å². The van der Waals surface area contributed by atoms with Crippen LogP contribution in [0.15, 0.2) is 12.7 Å². The minimum Gasteiger partial charge on any atom is -0.392 e. The second-order valence-electron chi connectivity index (χ2n) is 2.98. The zero-order valence-electron chi connectivity index (χ0n) is 6.83. The number of aliphatic hydroxyl groups excluding tert-OH is 1. The lowest BCUT2D eigenvalue weighted by Crippen LogP contribution is -2.19. The normalized spacial score (nSPS) is 26.8. The fourth-order valence-electron chi connectivity index (χ4n) is 1.38. The van der Waals surface area contributed by atoms with Gasteiger partial charge >= 0.3 is 0 Å². The molecule has 0 amide bonds. The molecule has 1 aliphatic rings. The zero-order chi connectivity index (χ0) is 8.10. The van der Waals surface area contributed by atoms with Crippen LogP contribution in [0.25, 0.3) is 0 Å². The molecule has 0 radical (unpaired) electrons. The first-order chi connectivity index (χ1) is 5.34. The predicted octanol–water partition coefficient (Wildman–Crippen LogP) is 2.21. The van der Waals surface area contributed by atoms with Gasteiger partial charge in [-0.15, -0.1) is 6.58 Å². The number of aliphatic hydroxyl groups is 1. The van der Waals surface area contributed by atoms with E-state index in [1.165, 1.54) is 18.6 Å². The zero-order valence-corrected chi connectivity index (χ0v) is 7.65. The molecule has 0 bridgehead atoms. The highest BCUT2D eigenvalue weighted by Crippen LogP contribution is 2.30. The molecule has 1 N–H and O–H groups in total. The fraction of sp³-hybridized carbons (Fsp3) is 0.778. The van der Waals surface area contributed by atoms with Crippen LogP contribution in [0.2, 0.25) is 0 Å². The van der Waals surface area contributed by atoms with Gasteiger partial charge in [0.2, 0.25) is 0 Å². The van der Waals surface area contributed by atoms with E-state index < -0.39 is 0 Å². The second-order valence-corrected chi connectivity index (χ2v) is 4.33. The van der Waals surface area contributed by atoms with Crippen LogP contribution >= 0.6 is 11.8 Å². The monoisotopic (exact) mass is 172 g/mol. The molecule has 1 saturated heterocycles. The maximum Gasteiger partial charge on any atom is 0.0661 e. The van der Waals surface area contributed by atoms with Crippen LogP contribution in [0.4, 0.5) is 0 Å². The molecule has 2 unspecified atom stereocenters. The second kappa shape index (κ2) is 4.83. The minimum absolute atomic E-state index is 0.0968. The van der Waals surface area contributed by atoms with E-state index in [1.54, 1.807) is 0 Å². The molecule has 11 heavy (non-hydrogen) atoms. The quantitative estimate of drug-likeness (QED) is 0.656. The van der Waals surface area contributed by atoms with E-state index in [2.05, 4.69) is 6.58 Å². The summed E-state index contributed by atoms with van der Waals surface area (Å²) in [6, 6.07) is 0. The molecular formula is C9H16OS. The van der Waals surface area contributed by atoms with Crippen molar-refractivity contribution in [3.05, 3.63) is 12.7 Å². The van der Waals surface area contributed by atoms with Crippen LogP contribution in [-0.4, -0.2) is 22.2 Å². The van der Waals surface area contributed by atoms with Gasteiger partial charge in [-0.25, -0.2) is 0 Å². The predicted molar refractivity (Wildman–Crippen MR) is 50.9 cm³/mol. The third-order valence-electron chi connectivity index (χ3n) is 2.06. The van der Waals surface area contributed by atoms with Gasteiger partial charge in [-0.3, -0.25) is 0 Å². The fourth-order valence-corrected chi connectivity index (χ4v) is 2.71. The van der Waals surface area contributed by atoms with Crippen molar-refractivity contribution in [2.45, 2.75) is 37.0 Å². The summed E-state index contributed by atoms with van der Waals surface area (Å²) < 4.78 is 0. The van der Waals surface area contributed by atoms with Crippen LogP contribution in [0.3, 0.4) is 0 Å². The molecule has 2 atom stereocenters. The van der Waals surface area contributed by atoms with Gasteiger partial charge in [0.05, 0.1) is 6.10 Å². The summed E-state index contributed by atoms with van der Waals surface area (Å²) in [5.41, 5.74) is 0. The summed E-state index contributed by atoms with van der Waals surface area (Å²) in [7, 11) is 0. The summed E-state index contributed by atoms with van der Waals surface area (Å²) in [6.45, 7) is 3.64.